The number of nitrogens with zero attached hydrogens (tertiary/aromatic N) is 2. The minimum absolute atomic E-state index is 0.0772. The lowest BCUT2D eigenvalue weighted by Crippen LogP contribution is -2.37. The summed E-state index contributed by atoms with van der Waals surface area (Å²) in [6.45, 7) is 3.89. The van der Waals surface area contributed by atoms with Crippen LogP contribution in [0.2, 0.25) is 0 Å². The number of imidazole rings is 1. The number of carbonyl (C=O) groups is 1. The Morgan fingerprint density at radius 1 is 1.10 bits per heavy atom. The lowest BCUT2D eigenvalue weighted by Gasteiger charge is -2.05. The highest BCUT2D eigenvalue weighted by molar-refractivity contribution is 5.96. The lowest BCUT2D eigenvalue weighted by atomic mass is 10.1. The molecule has 1 aliphatic rings. The number of methoxy groups -OCH3 is 1. The molecule has 0 bridgehead atoms. The van der Waals surface area contributed by atoms with Gasteiger partial charge in [-0.05, 0) is 59.7 Å². The molecule has 5 rings (SSSR count). The summed E-state index contributed by atoms with van der Waals surface area (Å²) in [5.41, 5.74) is 5.38. The van der Waals surface area contributed by atoms with Crippen molar-refractivity contribution in [3.8, 4) is 11.5 Å². The number of hydrogen-bond acceptors (Lipinski definition) is 3. The molecule has 5 nitrogen and oxygen atoms in total. The maximum Gasteiger partial charge on any atom is 0.254 e. The molecule has 31 heavy (non-hydrogen) atoms. The second-order valence-corrected chi connectivity index (χ2v) is 7.90. The Hall–Kier alpha value is -3.60. The van der Waals surface area contributed by atoms with Crippen LogP contribution in [0, 0.1) is 6.92 Å². The summed E-state index contributed by atoms with van der Waals surface area (Å²) in [6.07, 6.45) is 0.963. The summed E-state index contributed by atoms with van der Waals surface area (Å²) in [5, 5.41) is 0. The Bertz CT molecular complexity index is 1270. The number of fused-ring (bicyclic) bond motifs is 2. The quantitative estimate of drug-likeness (QED) is 0.353. The van der Waals surface area contributed by atoms with E-state index in [0.29, 0.717) is 12.1 Å². The van der Waals surface area contributed by atoms with Gasteiger partial charge in [-0.25, -0.2) is 9.13 Å². The van der Waals surface area contributed by atoms with E-state index >= 15 is 0 Å². The number of benzene rings is 3. The Labute approximate surface area is 181 Å². The Balaban J connectivity index is 1.49. The van der Waals surface area contributed by atoms with E-state index in [0.717, 1.165) is 47.9 Å². The third kappa shape index (κ3) is 3.56. The van der Waals surface area contributed by atoms with Gasteiger partial charge in [0.25, 0.3) is 5.82 Å². The highest BCUT2D eigenvalue weighted by Crippen LogP contribution is 2.26. The van der Waals surface area contributed by atoms with Crippen LogP contribution in [0.4, 0.5) is 0 Å². The number of rotatable bonds is 6. The Kier molecular flexibility index (Phi) is 4.94. The highest BCUT2D eigenvalue weighted by atomic mass is 16.5. The molecule has 0 amide bonds. The highest BCUT2D eigenvalue weighted by Gasteiger charge is 2.24. The predicted octanol–water partition coefficient (Wildman–Crippen LogP) is 4.11. The van der Waals surface area contributed by atoms with E-state index in [9.17, 15) is 4.79 Å². The van der Waals surface area contributed by atoms with E-state index in [1.165, 1.54) is 11.1 Å². The number of carbonyl (C=O) groups excluding carboxylic acids is 1. The van der Waals surface area contributed by atoms with E-state index in [4.69, 9.17) is 9.47 Å². The lowest BCUT2D eigenvalue weighted by molar-refractivity contribution is -0.669. The number of Topliss-reactive ketones (excluding diaryl/α,β-unsaturated/α-hetero) is 1. The first-order valence-corrected chi connectivity index (χ1v) is 10.5. The second kappa shape index (κ2) is 7.91. The maximum absolute atomic E-state index is 13.0. The smallest absolute Gasteiger partial charge is 0.254 e. The third-order valence-corrected chi connectivity index (χ3v) is 6.05. The molecule has 0 saturated heterocycles. The molecule has 156 valence electrons. The van der Waals surface area contributed by atoms with Crippen LogP contribution in [0.15, 0.2) is 66.7 Å². The van der Waals surface area contributed by atoms with Crippen molar-refractivity contribution >= 4 is 16.8 Å². The largest absolute Gasteiger partial charge is 0.497 e. The average molecular weight is 413 g/mol. The topological polar surface area (TPSA) is 44.3 Å². The average Bonchev–Trinajstić information content (AvgIpc) is 3.37. The van der Waals surface area contributed by atoms with E-state index in [2.05, 4.69) is 46.4 Å². The molecule has 0 saturated carbocycles. The molecule has 0 fully saturated rings. The van der Waals surface area contributed by atoms with Gasteiger partial charge in [0.1, 0.15) is 18.0 Å². The number of ether oxygens (including phenoxy) is 2. The van der Waals surface area contributed by atoms with E-state index < -0.39 is 0 Å². The van der Waals surface area contributed by atoms with Crippen LogP contribution >= 0.6 is 0 Å². The first-order chi connectivity index (χ1) is 15.1. The fourth-order valence-corrected chi connectivity index (χ4v) is 4.35. The van der Waals surface area contributed by atoms with Crippen molar-refractivity contribution in [1.29, 1.82) is 0 Å². The molecule has 0 radical (unpaired) electrons. The summed E-state index contributed by atoms with van der Waals surface area (Å²) in [7, 11) is 1.62. The number of aromatic nitrogens is 2. The molecule has 0 spiro atoms. The van der Waals surface area contributed by atoms with Crippen molar-refractivity contribution in [2.24, 2.45) is 0 Å². The summed E-state index contributed by atoms with van der Waals surface area (Å²) < 4.78 is 15.2. The van der Waals surface area contributed by atoms with Gasteiger partial charge in [-0.2, -0.15) is 0 Å². The van der Waals surface area contributed by atoms with Crippen LogP contribution in [0.25, 0.3) is 11.0 Å². The van der Waals surface area contributed by atoms with Gasteiger partial charge in [-0.3, -0.25) is 4.79 Å². The SMILES string of the molecule is COc1ccc(C(=O)Cn2c(C)[n+](Cc3ccc4c(c3)CCO4)c3ccccc32)cc1. The van der Waals surface area contributed by atoms with Crippen molar-refractivity contribution in [1.82, 2.24) is 4.57 Å². The van der Waals surface area contributed by atoms with Gasteiger partial charge in [0.05, 0.1) is 13.7 Å². The minimum Gasteiger partial charge on any atom is -0.497 e. The number of ketones is 1. The van der Waals surface area contributed by atoms with Gasteiger partial charge < -0.3 is 9.47 Å². The molecule has 3 aromatic carbocycles. The summed E-state index contributed by atoms with van der Waals surface area (Å²) >= 11 is 0. The second-order valence-electron chi connectivity index (χ2n) is 7.90. The van der Waals surface area contributed by atoms with Gasteiger partial charge in [-0.1, -0.05) is 18.2 Å². The number of hydrogen-bond donors (Lipinski definition) is 0. The number of para-hydroxylation sites is 2. The van der Waals surface area contributed by atoms with E-state index in [1.54, 1.807) is 7.11 Å². The fraction of sp³-hybridized carbons (Fsp3) is 0.231. The molecular formula is C26H25N2O3+. The first kappa shape index (κ1) is 19.4. The van der Waals surface area contributed by atoms with E-state index in [1.807, 2.05) is 36.4 Å². The molecule has 2 heterocycles. The molecule has 5 heteroatoms. The van der Waals surface area contributed by atoms with Crippen molar-refractivity contribution in [2.45, 2.75) is 26.4 Å². The standard InChI is InChI=1S/C26H25N2O3/c1-18-27(16-19-7-12-26-21(15-19)13-14-31-26)23-5-3-4-6-24(23)28(18)17-25(29)20-8-10-22(30-2)11-9-20/h3-12,15H,13-14,16-17H2,1-2H3/q+1. The zero-order valence-electron chi connectivity index (χ0n) is 17.8. The Morgan fingerprint density at radius 2 is 1.90 bits per heavy atom. The van der Waals surface area contributed by atoms with Crippen LogP contribution in [0.5, 0.6) is 11.5 Å². The van der Waals surface area contributed by atoms with Crippen molar-refractivity contribution in [3.05, 3.63) is 89.2 Å². The summed E-state index contributed by atoms with van der Waals surface area (Å²) in [6, 6.07) is 22.0. The predicted molar refractivity (Wildman–Crippen MR) is 119 cm³/mol. The van der Waals surface area contributed by atoms with Gasteiger partial charge >= 0.3 is 0 Å². The first-order valence-electron chi connectivity index (χ1n) is 10.5. The Morgan fingerprint density at radius 3 is 2.71 bits per heavy atom. The summed E-state index contributed by atoms with van der Waals surface area (Å²) in [5.74, 6) is 2.88. The molecule has 0 unspecified atom stereocenters. The van der Waals surface area contributed by atoms with Crippen molar-refractivity contribution in [2.75, 3.05) is 13.7 Å². The molecule has 0 aliphatic carbocycles. The van der Waals surface area contributed by atoms with Crippen LogP contribution in [-0.2, 0) is 19.5 Å². The van der Waals surface area contributed by atoms with Gasteiger partial charge in [-0.15, -0.1) is 0 Å². The third-order valence-electron chi connectivity index (χ3n) is 6.05. The van der Waals surface area contributed by atoms with Gasteiger partial charge in [0.15, 0.2) is 17.6 Å². The normalized spacial score (nSPS) is 12.6. The van der Waals surface area contributed by atoms with E-state index in [-0.39, 0.29) is 5.78 Å². The monoisotopic (exact) mass is 413 g/mol. The fourth-order valence-electron chi connectivity index (χ4n) is 4.35. The van der Waals surface area contributed by atoms with Crippen molar-refractivity contribution in [3.63, 3.8) is 0 Å². The zero-order chi connectivity index (χ0) is 21.4. The molecule has 1 aliphatic heterocycles. The van der Waals surface area contributed by atoms with Crippen LogP contribution in [0.3, 0.4) is 0 Å². The van der Waals surface area contributed by atoms with Gasteiger partial charge in [0.2, 0.25) is 5.78 Å². The zero-order valence-corrected chi connectivity index (χ0v) is 17.8. The maximum atomic E-state index is 13.0. The molecule has 0 atom stereocenters. The summed E-state index contributed by atoms with van der Waals surface area (Å²) in [4.78, 5) is 13.0. The van der Waals surface area contributed by atoms with Gasteiger partial charge in [0, 0.05) is 18.9 Å². The van der Waals surface area contributed by atoms with Crippen LogP contribution in [0.1, 0.15) is 27.3 Å². The molecule has 0 N–H and O–H groups in total. The van der Waals surface area contributed by atoms with Crippen LogP contribution in [-0.4, -0.2) is 24.1 Å². The van der Waals surface area contributed by atoms with Crippen molar-refractivity contribution < 1.29 is 18.8 Å². The molecular weight excluding hydrogens is 388 g/mol. The molecule has 1 aromatic heterocycles. The minimum atomic E-state index is 0.0772. The van der Waals surface area contributed by atoms with Crippen LogP contribution < -0.4 is 14.0 Å². The molecule has 4 aromatic rings.